The molecule has 1 aliphatic rings. The van der Waals surface area contributed by atoms with Crippen molar-refractivity contribution in [1.82, 2.24) is 14.9 Å². The van der Waals surface area contributed by atoms with Crippen LogP contribution in [0.5, 0.6) is 5.75 Å². The summed E-state index contributed by atoms with van der Waals surface area (Å²) in [5.41, 5.74) is 3.29. The lowest BCUT2D eigenvalue weighted by Gasteiger charge is -2.15. The zero-order valence-corrected chi connectivity index (χ0v) is 19.8. The highest BCUT2D eigenvalue weighted by Gasteiger charge is 2.26. The number of aromatic nitrogens is 2. The molecule has 2 heterocycles. The number of ether oxygens (including phenoxy) is 1. The molecule has 1 amide bonds. The molecule has 1 aliphatic carbocycles. The normalized spacial score (nSPS) is 14.7. The molecule has 7 heteroatoms. The van der Waals surface area contributed by atoms with Crippen molar-refractivity contribution in [2.24, 2.45) is 0 Å². The summed E-state index contributed by atoms with van der Waals surface area (Å²) in [6.45, 7) is 1.92. The van der Waals surface area contributed by atoms with E-state index in [1.165, 1.54) is 25.0 Å². The Morgan fingerprint density at radius 1 is 1.09 bits per heavy atom. The van der Waals surface area contributed by atoms with Crippen LogP contribution in [0.4, 0.5) is 4.39 Å². The summed E-state index contributed by atoms with van der Waals surface area (Å²) in [6, 6.07) is 17.5. The zero-order valence-electron chi connectivity index (χ0n) is 19.8. The van der Waals surface area contributed by atoms with E-state index in [1.807, 2.05) is 43.6 Å². The zero-order chi connectivity index (χ0) is 24.4. The van der Waals surface area contributed by atoms with Gasteiger partial charge in [0.1, 0.15) is 17.3 Å². The Labute approximate surface area is 203 Å². The second-order valence-electron chi connectivity index (χ2n) is 8.93. The fourth-order valence-corrected chi connectivity index (χ4v) is 4.71. The minimum absolute atomic E-state index is 0.208. The van der Waals surface area contributed by atoms with E-state index in [9.17, 15) is 9.18 Å². The molecule has 6 nitrogen and oxygen atoms in total. The Kier molecular flexibility index (Phi) is 6.40. The van der Waals surface area contributed by atoms with Crippen molar-refractivity contribution in [3.05, 3.63) is 84.1 Å². The van der Waals surface area contributed by atoms with Crippen LogP contribution in [0.2, 0.25) is 0 Å². The van der Waals surface area contributed by atoms with Crippen molar-refractivity contribution in [2.45, 2.75) is 44.7 Å². The second kappa shape index (κ2) is 9.78. The second-order valence-corrected chi connectivity index (χ2v) is 8.93. The van der Waals surface area contributed by atoms with Gasteiger partial charge in [-0.2, -0.15) is 0 Å². The van der Waals surface area contributed by atoms with E-state index < -0.39 is 0 Å². The third-order valence-corrected chi connectivity index (χ3v) is 6.66. The summed E-state index contributed by atoms with van der Waals surface area (Å²) >= 11 is 0. The lowest BCUT2D eigenvalue weighted by Crippen LogP contribution is -2.26. The maximum Gasteiger partial charge on any atom is 0.287 e. The van der Waals surface area contributed by atoms with Crippen LogP contribution in [-0.4, -0.2) is 22.6 Å². The molecular weight excluding hydrogens is 445 g/mol. The standard InChI is InChI=1S/C28H28FN3O3/c1-18(19-9-13-23(34-2)14-10-19)31-28(33)25-16-15-24(35-25)27-26(20-7-11-21(29)12-8-20)30-17-32(27)22-5-3-4-6-22/h7-18,22H,3-6H2,1-2H3,(H,31,33). The first-order chi connectivity index (χ1) is 17.0. The fourth-order valence-electron chi connectivity index (χ4n) is 4.71. The summed E-state index contributed by atoms with van der Waals surface area (Å²) in [6.07, 6.45) is 6.31. The monoisotopic (exact) mass is 473 g/mol. The van der Waals surface area contributed by atoms with Crippen molar-refractivity contribution in [3.8, 4) is 28.5 Å². The van der Waals surface area contributed by atoms with Crippen molar-refractivity contribution < 1.29 is 18.3 Å². The van der Waals surface area contributed by atoms with E-state index in [-0.39, 0.29) is 23.5 Å². The van der Waals surface area contributed by atoms with Crippen LogP contribution in [0.25, 0.3) is 22.7 Å². The minimum Gasteiger partial charge on any atom is -0.497 e. The molecule has 1 saturated carbocycles. The fraction of sp³-hybridized carbons (Fsp3) is 0.286. The lowest BCUT2D eigenvalue weighted by atomic mass is 10.1. The summed E-state index contributed by atoms with van der Waals surface area (Å²) in [7, 11) is 1.62. The smallest absolute Gasteiger partial charge is 0.287 e. The van der Waals surface area contributed by atoms with Gasteiger partial charge >= 0.3 is 0 Å². The van der Waals surface area contributed by atoms with Crippen LogP contribution >= 0.6 is 0 Å². The summed E-state index contributed by atoms with van der Waals surface area (Å²) in [4.78, 5) is 17.6. The molecule has 0 aliphatic heterocycles. The Bertz CT molecular complexity index is 1300. The highest BCUT2D eigenvalue weighted by molar-refractivity contribution is 5.92. The number of nitrogens with zero attached hydrogens (tertiary/aromatic N) is 2. The van der Waals surface area contributed by atoms with Gasteiger partial charge in [-0.25, -0.2) is 9.37 Å². The van der Waals surface area contributed by atoms with Crippen molar-refractivity contribution >= 4 is 5.91 Å². The quantitative estimate of drug-likeness (QED) is 0.330. The number of imidazole rings is 1. The Balaban J connectivity index is 1.43. The van der Waals surface area contributed by atoms with E-state index >= 15 is 0 Å². The van der Waals surface area contributed by atoms with E-state index in [2.05, 4.69) is 14.9 Å². The first-order valence-electron chi connectivity index (χ1n) is 11.9. The van der Waals surface area contributed by atoms with Crippen molar-refractivity contribution in [2.75, 3.05) is 7.11 Å². The van der Waals surface area contributed by atoms with E-state index in [0.717, 1.165) is 35.4 Å². The van der Waals surface area contributed by atoms with Gasteiger partial charge in [0.2, 0.25) is 0 Å². The molecular formula is C28H28FN3O3. The molecule has 5 rings (SSSR count). The summed E-state index contributed by atoms with van der Waals surface area (Å²) in [5, 5.41) is 2.99. The molecule has 0 spiro atoms. The van der Waals surface area contributed by atoms with Gasteiger partial charge < -0.3 is 19.0 Å². The third-order valence-electron chi connectivity index (χ3n) is 6.66. The Hall–Kier alpha value is -3.87. The topological polar surface area (TPSA) is 69.3 Å². The number of carbonyl (C=O) groups excluding carboxylic acids is 1. The average Bonchev–Trinajstić information content (AvgIpc) is 3.64. The number of furan rings is 1. The number of halogens is 1. The van der Waals surface area contributed by atoms with Gasteiger partial charge in [0.25, 0.3) is 5.91 Å². The van der Waals surface area contributed by atoms with Gasteiger partial charge in [0.05, 0.1) is 25.2 Å². The number of hydrogen-bond acceptors (Lipinski definition) is 4. The number of benzene rings is 2. The highest BCUT2D eigenvalue weighted by atomic mass is 19.1. The predicted molar refractivity (Wildman–Crippen MR) is 132 cm³/mol. The average molecular weight is 474 g/mol. The molecule has 2 aromatic heterocycles. The highest BCUT2D eigenvalue weighted by Crippen LogP contribution is 2.39. The lowest BCUT2D eigenvalue weighted by molar-refractivity contribution is 0.0912. The maximum absolute atomic E-state index is 13.5. The predicted octanol–water partition coefficient (Wildman–Crippen LogP) is 6.56. The number of methoxy groups -OCH3 is 1. The molecule has 0 bridgehead atoms. The van der Waals surface area contributed by atoms with Gasteiger partial charge in [-0.3, -0.25) is 4.79 Å². The number of rotatable bonds is 7. The Morgan fingerprint density at radius 3 is 2.49 bits per heavy atom. The molecule has 1 atom stereocenters. The van der Waals surface area contributed by atoms with Gasteiger partial charge in [-0.1, -0.05) is 25.0 Å². The van der Waals surface area contributed by atoms with Crippen LogP contribution in [0.3, 0.4) is 0 Å². The number of carbonyl (C=O) groups is 1. The maximum atomic E-state index is 13.5. The van der Waals surface area contributed by atoms with Gasteiger partial charge in [0.15, 0.2) is 11.5 Å². The molecule has 35 heavy (non-hydrogen) atoms. The molecule has 4 aromatic rings. The van der Waals surface area contributed by atoms with Crippen LogP contribution in [0.1, 0.15) is 60.8 Å². The Morgan fingerprint density at radius 2 is 1.80 bits per heavy atom. The van der Waals surface area contributed by atoms with Gasteiger partial charge in [-0.15, -0.1) is 0 Å². The molecule has 0 saturated heterocycles. The van der Waals surface area contributed by atoms with Gasteiger partial charge in [0, 0.05) is 11.6 Å². The number of nitrogens with one attached hydrogen (secondary N) is 1. The van der Waals surface area contributed by atoms with E-state index in [0.29, 0.717) is 17.5 Å². The molecule has 0 radical (unpaired) electrons. The molecule has 1 fully saturated rings. The van der Waals surface area contributed by atoms with Gasteiger partial charge in [-0.05, 0) is 73.9 Å². The minimum atomic E-state index is -0.298. The summed E-state index contributed by atoms with van der Waals surface area (Å²) in [5.74, 6) is 0.961. The first kappa shape index (κ1) is 22.9. The molecule has 2 aromatic carbocycles. The number of amides is 1. The molecule has 1 unspecified atom stereocenters. The largest absolute Gasteiger partial charge is 0.497 e. The third kappa shape index (κ3) is 4.71. The van der Waals surface area contributed by atoms with E-state index in [1.54, 1.807) is 25.3 Å². The SMILES string of the molecule is COc1ccc(C(C)NC(=O)c2ccc(-c3c(-c4ccc(F)cc4)ncn3C3CCCC3)o2)cc1. The molecule has 180 valence electrons. The van der Waals surface area contributed by atoms with Crippen LogP contribution in [0.15, 0.2) is 71.4 Å². The molecule has 1 N–H and O–H groups in total. The van der Waals surface area contributed by atoms with Crippen molar-refractivity contribution in [3.63, 3.8) is 0 Å². The summed E-state index contributed by atoms with van der Waals surface area (Å²) < 4.78 is 27.0. The first-order valence-corrected chi connectivity index (χ1v) is 11.9. The van der Waals surface area contributed by atoms with E-state index in [4.69, 9.17) is 9.15 Å². The number of hydrogen-bond donors (Lipinski definition) is 1. The van der Waals surface area contributed by atoms with Crippen LogP contribution in [-0.2, 0) is 0 Å². The van der Waals surface area contributed by atoms with Crippen molar-refractivity contribution in [1.29, 1.82) is 0 Å². The van der Waals surface area contributed by atoms with Crippen LogP contribution < -0.4 is 10.1 Å². The van der Waals surface area contributed by atoms with Crippen LogP contribution in [0, 0.1) is 5.82 Å².